The second-order valence-electron chi connectivity index (χ2n) is 12.9. The van der Waals surface area contributed by atoms with E-state index in [0.29, 0.717) is 43.7 Å². The van der Waals surface area contributed by atoms with Crippen LogP contribution in [0.1, 0.15) is 98.8 Å². The van der Waals surface area contributed by atoms with Crippen molar-refractivity contribution in [3.63, 3.8) is 0 Å². The molecule has 3 aliphatic rings. The van der Waals surface area contributed by atoms with Gasteiger partial charge in [-0.2, -0.15) is 0 Å². The third kappa shape index (κ3) is 7.55. The highest BCUT2D eigenvalue weighted by molar-refractivity contribution is 6.03. The van der Waals surface area contributed by atoms with Crippen LogP contribution in [0.15, 0.2) is 0 Å². The fourth-order valence-electron chi connectivity index (χ4n) is 6.07. The molecular formula is C29H49N3O4. The van der Waals surface area contributed by atoms with Gasteiger partial charge >= 0.3 is 0 Å². The Morgan fingerprint density at radius 1 is 1.00 bits per heavy atom. The number of hydrogen-bond acceptors (Lipinski definition) is 4. The molecule has 2 heterocycles. The summed E-state index contributed by atoms with van der Waals surface area (Å²) in [4.78, 5) is 53.7. The molecule has 7 heteroatoms. The lowest BCUT2D eigenvalue weighted by Crippen LogP contribution is -2.39. The monoisotopic (exact) mass is 503 g/mol. The van der Waals surface area contributed by atoms with Crippen molar-refractivity contribution in [3.05, 3.63) is 0 Å². The number of carbonyl (C=O) groups is 4. The van der Waals surface area contributed by atoms with Gasteiger partial charge in [0.2, 0.25) is 23.6 Å². The van der Waals surface area contributed by atoms with Gasteiger partial charge in [0.15, 0.2) is 0 Å². The Morgan fingerprint density at radius 3 is 2.28 bits per heavy atom. The molecule has 1 aliphatic carbocycles. The lowest BCUT2D eigenvalue weighted by Gasteiger charge is -2.31. The third-order valence-electron chi connectivity index (χ3n) is 8.83. The molecule has 3 fully saturated rings. The van der Waals surface area contributed by atoms with E-state index in [4.69, 9.17) is 0 Å². The quantitative estimate of drug-likeness (QED) is 0.354. The van der Waals surface area contributed by atoms with Crippen LogP contribution in [0.25, 0.3) is 0 Å². The highest BCUT2D eigenvalue weighted by atomic mass is 16.2. The van der Waals surface area contributed by atoms with Crippen LogP contribution in [0, 0.1) is 35.0 Å². The van der Waals surface area contributed by atoms with E-state index in [9.17, 15) is 19.2 Å². The second-order valence-corrected chi connectivity index (χ2v) is 12.9. The molecule has 0 aromatic heterocycles. The molecule has 4 amide bonds. The highest BCUT2D eigenvalue weighted by Crippen LogP contribution is 2.37. The molecule has 3 rings (SSSR count). The summed E-state index contributed by atoms with van der Waals surface area (Å²) in [7, 11) is 0. The van der Waals surface area contributed by atoms with Gasteiger partial charge < -0.3 is 10.2 Å². The number of nitrogens with one attached hydrogen (secondary N) is 1. The summed E-state index contributed by atoms with van der Waals surface area (Å²) in [6, 6.07) is 0. The zero-order chi connectivity index (χ0) is 26.5. The minimum Gasteiger partial charge on any atom is -0.356 e. The van der Waals surface area contributed by atoms with E-state index in [1.54, 1.807) is 0 Å². The zero-order valence-corrected chi connectivity index (χ0v) is 23.3. The van der Waals surface area contributed by atoms with E-state index in [2.05, 4.69) is 19.2 Å². The smallest absolute Gasteiger partial charge is 0.233 e. The van der Waals surface area contributed by atoms with Gasteiger partial charge in [0, 0.05) is 44.9 Å². The number of nitrogens with zero attached hydrogens (tertiary/aromatic N) is 2. The molecule has 2 saturated heterocycles. The summed E-state index contributed by atoms with van der Waals surface area (Å²) in [5, 5.41) is 3.09. The van der Waals surface area contributed by atoms with Crippen LogP contribution in [0.4, 0.5) is 0 Å². The van der Waals surface area contributed by atoms with E-state index in [1.807, 2.05) is 25.7 Å². The molecule has 0 aromatic carbocycles. The van der Waals surface area contributed by atoms with Gasteiger partial charge in [-0.3, -0.25) is 24.1 Å². The predicted octanol–water partition coefficient (Wildman–Crippen LogP) is 4.40. The van der Waals surface area contributed by atoms with E-state index < -0.39 is 0 Å². The largest absolute Gasteiger partial charge is 0.356 e. The minimum absolute atomic E-state index is 0.0192. The van der Waals surface area contributed by atoms with Gasteiger partial charge in [-0.05, 0) is 68.1 Å². The van der Waals surface area contributed by atoms with Gasteiger partial charge in [-0.15, -0.1) is 0 Å². The average Bonchev–Trinajstić information content (AvgIpc) is 3.43. The molecule has 0 radical (unpaired) electrons. The molecule has 36 heavy (non-hydrogen) atoms. The summed E-state index contributed by atoms with van der Waals surface area (Å²) >= 11 is 0. The van der Waals surface area contributed by atoms with Crippen molar-refractivity contribution in [1.29, 1.82) is 0 Å². The molecule has 2 aliphatic heterocycles. The van der Waals surface area contributed by atoms with E-state index in [1.165, 1.54) is 4.90 Å². The number of rotatable bonds is 10. The van der Waals surface area contributed by atoms with E-state index >= 15 is 0 Å². The van der Waals surface area contributed by atoms with Crippen molar-refractivity contribution in [2.45, 2.75) is 98.8 Å². The minimum atomic E-state index is -0.220. The van der Waals surface area contributed by atoms with Gasteiger partial charge in [0.1, 0.15) is 0 Å². The standard InChI is InChI=1S/C29H49N3O4/c1-20(2)23-14-16-31(19-23)25(33)9-7-6-8-15-30-27(35)22-12-10-21(11-13-22)18-32-26(34)17-24(28(32)36)29(3,4)5/h20-24H,6-19H2,1-5H3,(H,30,35). The van der Waals surface area contributed by atoms with Crippen LogP contribution in [0.5, 0.6) is 0 Å². The Kier molecular flexibility index (Phi) is 9.99. The Bertz CT molecular complexity index is 795. The number of likely N-dealkylation sites (tertiary alicyclic amines) is 2. The Morgan fingerprint density at radius 2 is 1.69 bits per heavy atom. The van der Waals surface area contributed by atoms with E-state index in [-0.39, 0.29) is 40.9 Å². The van der Waals surface area contributed by atoms with Crippen LogP contribution in [-0.4, -0.2) is 59.6 Å². The maximum Gasteiger partial charge on any atom is 0.233 e. The number of hydrogen-bond donors (Lipinski definition) is 1. The molecule has 2 unspecified atom stereocenters. The Balaban J connectivity index is 1.26. The average molecular weight is 504 g/mol. The molecule has 7 nitrogen and oxygen atoms in total. The van der Waals surface area contributed by atoms with Crippen LogP contribution >= 0.6 is 0 Å². The second kappa shape index (κ2) is 12.6. The molecular weight excluding hydrogens is 454 g/mol. The van der Waals surface area contributed by atoms with Crippen LogP contribution in [-0.2, 0) is 19.2 Å². The topological polar surface area (TPSA) is 86.8 Å². The fourth-order valence-corrected chi connectivity index (χ4v) is 6.07. The van der Waals surface area contributed by atoms with Gasteiger partial charge in [-0.25, -0.2) is 0 Å². The normalized spacial score (nSPS) is 27.3. The maximum absolute atomic E-state index is 12.8. The SMILES string of the molecule is CC(C)C1CCN(C(=O)CCCCCNC(=O)C2CCC(CN3C(=O)CC(C(C)(C)C)C3=O)CC2)C1. The van der Waals surface area contributed by atoms with Crippen molar-refractivity contribution in [3.8, 4) is 0 Å². The third-order valence-corrected chi connectivity index (χ3v) is 8.83. The predicted molar refractivity (Wildman–Crippen MR) is 141 cm³/mol. The summed E-state index contributed by atoms with van der Waals surface area (Å²) < 4.78 is 0. The van der Waals surface area contributed by atoms with Crippen molar-refractivity contribution in [2.75, 3.05) is 26.2 Å². The molecule has 0 bridgehead atoms. The number of unbranched alkanes of at least 4 members (excludes halogenated alkanes) is 2. The van der Waals surface area contributed by atoms with Crippen molar-refractivity contribution < 1.29 is 19.2 Å². The summed E-state index contributed by atoms with van der Waals surface area (Å²) in [5.74, 6) is 1.74. The maximum atomic E-state index is 12.8. The number of amides is 4. The van der Waals surface area contributed by atoms with Crippen molar-refractivity contribution >= 4 is 23.6 Å². The Hall–Kier alpha value is -1.92. The van der Waals surface area contributed by atoms with Gasteiger partial charge in [-0.1, -0.05) is 41.0 Å². The lowest BCUT2D eigenvalue weighted by molar-refractivity contribution is -0.141. The molecule has 0 spiro atoms. The fraction of sp³-hybridized carbons (Fsp3) is 0.862. The molecule has 1 N–H and O–H groups in total. The highest BCUT2D eigenvalue weighted by Gasteiger charge is 2.45. The molecule has 2 atom stereocenters. The van der Waals surface area contributed by atoms with Gasteiger partial charge in [0.05, 0.1) is 5.92 Å². The molecule has 0 aromatic rings. The molecule has 204 valence electrons. The van der Waals surface area contributed by atoms with Gasteiger partial charge in [0.25, 0.3) is 0 Å². The van der Waals surface area contributed by atoms with Crippen molar-refractivity contribution in [1.82, 2.24) is 15.1 Å². The van der Waals surface area contributed by atoms with Crippen LogP contribution in [0.3, 0.4) is 0 Å². The van der Waals surface area contributed by atoms with Crippen molar-refractivity contribution in [2.24, 2.45) is 35.0 Å². The first-order valence-corrected chi connectivity index (χ1v) is 14.4. The van der Waals surface area contributed by atoms with E-state index in [0.717, 1.165) is 64.5 Å². The summed E-state index contributed by atoms with van der Waals surface area (Å²) in [6.45, 7) is 13.5. The summed E-state index contributed by atoms with van der Waals surface area (Å²) in [6.07, 6.45) is 8.19. The lowest BCUT2D eigenvalue weighted by atomic mass is 9.79. The Labute approximate surface area is 218 Å². The first kappa shape index (κ1) is 28.6. The number of imide groups is 1. The zero-order valence-electron chi connectivity index (χ0n) is 23.3. The van der Waals surface area contributed by atoms with Crippen LogP contribution in [0.2, 0.25) is 0 Å². The first-order valence-electron chi connectivity index (χ1n) is 14.4. The molecule has 1 saturated carbocycles. The summed E-state index contributed by atoms with van der Waals surface area (Å²) in [5.41, 5.74) is -0.197. The number of carbonyl (C=O) groups excluding carboxylic acids is 4. The van der Waals surface area contributed by atoms with Crippen LogP contribution < -0.4 is 5.32 Å². The first-order chi connectivity index (χ1) is 17.0.